The average Bonchev–Trinajstić information content (AvgIpc) is 2.30. The Kier molecular flexibility index (Phi) is 6.45. The van der Waals surface area contributed by atoms with Gasteiger partial charge in [0, 0.05) is 26.2 Å². The van der Waals surface area contributed by atoms with Crippen LogP contribution in [0.3, 0.4) is 0 Å². The molecule has 0 amide bonds. The van der Waals surface area contributed by atoms with Crippen molar-refractivity contribution in [2.24, 2.45) is 5.41 Å². The molecule has 0 saturated carbocycles. The second kappa shape index (κ2) is 7.34. The van der Waals surface area contributed by atoms with Crippen molar-refractivity contribution in [3.8, 4) is 0 Å². The van der Waals surface area contributed by atoms with E-state index in [-0.39, 0.29) is 6.10 Å². The van der Waals surface area contributed by atoms with Crippen LogP contribution < -0.4 is 5.32 Å². The van der Waals surface area contributed by atoms with E-state index in [1.807, 2.05) is 0 Å². The first-order chi connectivity index (χ1) is 8.09. The monoisotopic (exact) mass is 242 g/mol. The van der Waals surface area contributed by atoms with Crippen LogP contribution in [0.1, 0.15) is 46.5 Å². The van der Waals surface area contributed by atoms with E-state index in [0.717, 1.165) is 39.0 Å². The van der Waals surface area contributed by atoms with Gasteiger partial charge in [-0.2, -0.15) is 0 Å². The van der Waals surface area contributed by atoms with Crippen molar-refractivity contribution in [3.63, 3.8) is 0 Å². The fourth-order valence-electron chi connectivity index (χ4n) is 2.87. The van der Waals surface area contributed by atoms with Crippen molar-refractivity contribution < 1.29 is 5.11 Å². The molecule has 0 aromatic carbocycles. The summed E-state index contributed by atoms with van der Waals surface area (Å²) in [7, 11) is 0. The molecular weight excluding hydrogens is 212 g/mol. The molecule has 3 nitrogen and oxygen atoms in total. The molecule has 1 atom stereocenters. The lowest BCUT2D eigenvalue weighted by Crippen LogP contribution is -2.45. The lowest BCUT2D eigenvalue weighted by molar-refractivity contribution is 0.0573. The molecule has 2 N–H and O–H groups in total. The van der Waals surface area contributed by atoms with E-state index < -0.39 is 0 Å². The van der Waals surface area contributed by atoms with Crippen LogP contribution in [0.5, 0.6) is 0 Å². The van der Waals surface area contributed by atoms with Crippen molar-refractivity contribution in [3.05, 3.63) is 0 Å². The number of rotatable bonds is 7. The highest BCUT2D eigenvalue weighted by molar-refractivity contribution is 4.83. The molecule has 1 unspecified atom stereocenters. The lowest BCUT2D eigenvalue weighted by atomic mass is 9.84. The van der Waals surface area contributed by atoms with Crippen LogP contribution in [0, 0.1) is 5.41 Å². The van der Waals surface area contributed by atoms with Gasteiger partial charge >= 0.3 is 0 Å². The molecule has 1 saturated heterocycles. The smallest absolute Gasteiger partial charge is 0.0564 e. The number of aliphatic hydroxyl groups excluding tert-OH is 1. The Balaban J connectivity index is 2.41. The average molecular weight is 242 g/mol. The van der Waals surface area contributed by atoms with Crippen molar-refractivity contribution in [1.82, 2.24) is 10.2 Å². The highest BCUT2D eigenvalue weighted by atomic mass is 16.3. The molecule has 0 aliphatic carbocycles. The number of hydrogen-bond donors (Lipinski definition) is 2. The maximum absolute atomic E-state index is 9.53. The number of aliphatic hydroxyl groups is 1. The molecule has 3 heteroatoms. The predicted octanol–water partition coefficient (Wildman–Crippen LogP) is 1.86. The summed E-state index contributed by atoms with van der Waals surface area (Å²) in [6.07, 6.45) is 4.36. The van der Waals surface area contributed by atoms with Gasteiger partial charge in [0.05, 0.1) is 6.10 Å². The fraction of sp³-hybridized carbons (Fsp3) is 1.00. The van der Waals surface area contributed by atoms with Gasteiger partial charge in [-0.15, -0.1) is 0 Å². The third-order valence-electron chi connectivity index (χ3n) is 3.82. The Morgan fingerprint density at radius 3 is 2.47 bits per heavy atom. The van der Waals surface area contributed by atoms with Crippen LogP contribution >= 0.6 is 0 Å². The van der Waals surface area contributed by atoms with Crippen LogP contribution in [0.25, 0.3) is 0 Å². The molecular formula is C14H30N2O. The standard InChI is InChI=1S/C14H30N2O/c1-4-8-14(3,11-15-5-2)12-16-9-6-13(17)7-10-16/h13,15,17H,4-12H2,1-3H3. The van der Waals surface area contributed by atoms with Gasteiger partial charge in [0.25, 0.3) is 0 Å². The zero-order chi connectivity index (χ0) is 12.7. The summed E-state index contributed by atoms with van der Waals surface area (Å²) in [5.74, 6) is 0. The molecule has 102 valence electrons. The molecule has 0 aromatic rings. The number of piperidine rings is 1. The maximum Gasteiger partial charge on any atom is 0.0564 e. The lowest BCUT2D eigenvalue weighted by Gasteiger charge is -2.38. The summed E-state index contributed by atoms with van der Waals surface area (Å²) >= 11 is 0. The zero-order valence-electron chi connectivity index (χ0n) is 11.8. The molecule has 1 rings (SSSR count). The summed E-state index contributed by atoms with van der Waals surface area (Å²) in [5, 5.41) is 13.0. The van der Waals surface area contributed by atoms with E-state index in [0.29, 0.717) is 5.41 Å². The van der Waals surface area contributed by atoms with Gasteiger partial charge in [-0.25, -0.2) is 0 Å². The molecule has 1 aliphatic rings. The Hall–Kier alpha value is -0.120. The summed E-state index contributed by atoms with van der Waals surface area (Å²) in [6.45, 7) is 12.3. The topological polar surface area (TPSA) is 35.5 Å². The first-order valence-electron chi connectivity index (χ1n) is 7.21. The quantitative estimate of drug-likeness (QED) is 0.715. The second-order valence-electron chi connectivity index (χ2n) is 5.85. The second-order valence-corrected chi connectivity index (χ2v) is 5.85. The fourth-order valence-corrected chi connectivity index (χ4v) is 2.87. The summed E-state index contributed by atoms with van der Waals surface area (Å²) < 4.78 is 0. The summed E-state index contributed by atoms with van der Waals surface area (Å²) in [6, 6.07) is 0. The highest BCUT2D eigenvalue weighted by Crippen LogP contribution is 2.25. The first kappa shape index (κ1) is 14.9. The van der Waals surface area contributed by atoms with Gasteiger partial charge in [0.15, 0.2) is 0 Å². The summed E-state index contributed by atoms with van der Waals surface area (Å²) in [4.78, 5) is 2.53. The maximum atomic E-state index is 9.53. The number of hydrogen-bond acceptors (Lipinski definition) is 3. The highest BCUT2D eigenvalue weighted by Gasteiger charge is 2.27. The van der Waals surface area contributed by atoms with E-state index in [4.69, 9.17) is 0 Å². The molecule has 0 radical (unpaired) electrons. The third-order valence-corrected chi connectivity index (χ3v) is 3.82. The SMILES string of the molecule is CCCC(C)(CNCC)CN1CCC(O)CC1. The number of nitrogens with one attached hydrogen (secondary N) is 1. The van der Waals surface area contributed by atoms with Gasteiger partial charge in [-0.3, -0.25) is 0 Å². The minimum absolute atomic E-state index is 0.0579. The molecule has 0 aromatic heterocycles. The van der Waals surface area contributed by atoms with E-state index in [2.05, 4.69) is 31.0 Å². The molecule has 0 bridgehead atoms. The van der Waals surface area contributed by atoms with Crippen LogP contribution in [0.15, 0.2) is 0 Å². The van der Waals surface area contributed by atoms with Gasteiger partial charge in [-0.1, -0.05) is 27.2 Å². The summed E-state index contributed by atoms with van der Waals surface area (Å²) in [5.41, 5.74) is 0.382. The van der Waals surface area contributed by atoms with E-state index in [9.17, 15) is 5.11 Å². The number of nitrogens with zero attached hydrogens (tertiary/aromatic N) is 1. The molecule has 0 spiro atoms. The van der Waals surface area contributed by atoms with Crippen LogP contribution in [0.4, 0.5) is 0 Å². The minimum atomic E-state index is -0.0579. The van der Waals surface area contributed by atoms with Gasteiger partial charge in [0.2, 0.25) is 0 Å². The Morgan fingerprint density at radius 1 is 1.29 bits per heavy atom. The van der Waals surface area contributed by atoms with E-state index in [1.165, 1.54) is 19.4 Å². The predicted molar refractivity (Wildman–Crippen MR) is 73.2 cm³/mol. The van der Waals surface area contributed by atoms with Crippen LogP contribution in [-0.4, -0.2) is 48.8 Å². The Morgan fingerprint density at radius 2 is 1.94 bits per heavy atom. The molecule has 17 heavy (non-hydrogen) atoms. The van der Waals surface area contributed by atoms with E-state index in [1.54, 1.807) is 0 Å². The van der Waals surface area contributed by atoms with Gasteiger partial charge in [0.1, 0.15) is 0 Å². The van der Waals surface area contributed by atoms with Crippen LogP contribution in [-0.2, 0) is 0 Å². The van der Waals surface area contributed by atoms with Crippen molar-refractivity contribution in [2.45, 2.75) is 52.6 Å². The minimum Gasteiger partial charge on any atom is -0.393 e. The molecule has 1 aliphatic heterocycles. The van der Waals surface area contributed by atoms with Gasteiger partial charge in [-0.05, 0) is 31.2 Å². The molecule has 1 heterocycles. The third kappa shape index (κ3) is 5.36. The van der Waals surface area contributed by atoms with Crippen molar-refractivity contribution in [1.29, 1.82) is 0 Å². The Bertz CT molecular complexity index is 202. The zero-order valence-corrected chi connectivity index (χ0v) is 11.8. The van der Waals surface area contributed by atoms with E-state index >= 15 is 0 Å². The van der Waals surface area contributed by atoms with Crippen molar-refractivity contribution >= 4 is 0 Å². The first-order valence-corrected chi connectivity index (χ1v) is 7.21. The Labute approximate surface area is 107 Å². The van der Waals surface area contributed by atoms with Gasteiger partial charge < -0.3 is 15.3 Å². The normalized spacial score (nSPS) is 22.6. The van der Waals surface area contributed by atoms with Crippen molar-refractivity contribution in [2.75, 3.05) is 32.7 Å². The molecule has 1 fully saturated rings. The number of likely N-dealkylation sites (tertiary alicyclic amines) is 1. The van der Waals surface area contributed by atoms with Crippen LogP contribution in [0.2, 0.25) is 0 Å². The largest absolute Gasteiger partial charge is 0.393 e.